The number of nitrogens with one attached hydrogen (secondary N) is 1. The van der Waals surface area contributed by atoms with Gasteiger partial charge in [0.15, 0.2) is 11.5 Å². The zero-order valence-electron chi connectivity index (χ0n) is 14.3. The van der Waals surface area contributed by atoms with Crippen molar-refractivity contribution in [1.29, 1.82) is 0 Å². The average molecular weight is 347 g/mol. The van der Waals surface area contributed by atoms with Gasteiger partial charge in [-0.3, -0.25) is 9.59 Å². The second-order valence-electron chi connectivity index (χ2n) is 5.88. The molecular weight excluding hydrogens is 326 g/mol. The van der Waals surface area contributed by atoms with Crippen molar-refractivity contribution in [2.75, 3.05) is 33.9 Å². The first-order chi connectivity index (χ1) is 12.1. The Labute approximate surface area is 144 Å². The van der Waals surface area contributed by atoms with Gasteiger partial charge in [-0.1, -0.05) is 0 Å². The first-order valence-corrected chi connectivity index (χ1v) is 8.11. The molecule has 1 aromatic carbocycles. The lowest BCUT2D eigenvalue weighted by Crippen LogP contribution is -2.43. The van der Waals surface area contributed by atoms with Gasteiger partial charge in [0.05, 0.1) is 24.3 Å². The number of methoxy groups -OCH3 is 2. The Morgan fingerprint density at radius 2 is 2.04 bits per heavy atom. The largest absolute Gasteiger partial charge is 0.493 e. The molecule has 8 nitrogen and oxygen atoms in total. The van der Waals surface area contributed by atoms with E-state index in [1.165, 1.54) is 13.4 Å². The summed E-state index contributed by atoms with van der Waals surface area (Å²) < 4.78 is 16.3. The van der Waals surface area contributed by atoms with Crippen LogP contribution in [0.25, 0.3) is 10.9 Å². The number of nitrogens with zero attached hydrogens (tertiary/aromatic N) is 2. The van der Waals surface area contributed by atoms with E-state index < -0.39 is 0 Å². The molecule has 1 amide bonds. The molecule has 1 aliphatic rings. The Morgan fingerprint density at radius 3 is 2.72 bits per heavy atom. The fraction of sp³-hybridized carbons (Fsp3) is 0.471. The van der Waals surface area contributed by atoms with Crippen LogP contribution in [0.3, 0.4) is 0 Å². The number of fused-ring (bicyclic) bond motifs is 1. The molecule has 0 radical (unpaired) electrons. The minimum absolute atomic E-state index is 0.0122. The summed E-state index contributed by atoms with van der Waals surface area (Å²) >= 11 is 0. The number of carbonyl (C=O) groups excluding carboxylic acids is 1. The SMILES string of the molecule is COCC(=O)N1CCC(Oc2cc3c(=O)[nH]cnc3cc2OC)CC1. The standard InChI is InChI=1S/C17H21N3O5/c1-23-9-16(21)20-5-3-11(4-6-20)25-15-7-12-13(8-14(15)24-2)18-10-19-17(12)22/h7-8,10-11H,3-6,9H2,1-2H3,(H,18,19,22). The quantitative estimate of drug-likeness (QED) is 0.865. The molecule has 1 saturated heterocycles. The van der Waals surface area contributed by atoms with Crippen molar-refractivity contribution >= 4 is 16.8 Å². The maximum Gasteiger partial charge on any atom is 0.258 e. The highest BCUT2D eigenvalue weighted by molar-refractivity contribution is 5.81. The van der Waals surface area contributed by atoms with Crippen LogP contribution in [0.15, 0.2) is 23.3 Å². The van der Waals surface area contributed by atoms with Gasteiger partial charge in [-0.15, -0.1) is 0 Å². The van der Waals surface area contributed by atoms with E-state index in [4.69, 9.17) is 14.2 Å². The second kappa shape index (κ2) is 7.52. The third kappa shape index (κ3) is 3.74. The molecule has 1 aliphatic heterocycles. The second-order valence-corrected chi connectivity index (χ2v) is 5.88. The van der Waals surface area contributed by atoms with E-state index in [-0.39, 0.29) is 24.2 Å². The maximum atomic E-state index is 12.0. The van der Waals surface area contributed by atoms with Crippen LogP contribution in [0, 0.1) is 0 Å². The minimum atomic E-state index is -0.225. The van der Waals surface area contributed by atoms with Gasteiger partial charge in [-0.25, -0.2) is 4.98 Å². The van der Waals surface area contributed by atoms with Crippen molar-refractivity contribution in [1.82, 2.24) is 14.9 Å². The number of piperidine rings is 1. The summed E-state index contributed by atoms with van der Waals surface area (Å²) in [6.07, 6.45) is 2.73. The summed E-state index contributed by atoms with van der Waals surface area (Å²) in [5.74, 6) is 1.03. The van der Waals surface area contributed by atoms with E-state index in [1.54, 1.807) is 24.1 Å². The molecule has 0 unspecified atom stereocenters. The molecule has 25 heavy (non-hydrogen) atoms. The molecule has 1 aromatic heterocycles. The highest BCUT2D eigenvalue weighted by atomic mass is 16.5. The van der Waals surface area contributed by atoms with Gasteiger partial charge >= 0.3 is 0 Å². The number of ether oxygens (including phenoxy) is 3. The zero-order chi connectivity index (χ0) is 17.8. The molecule has 1 fully saturated rings. The maximum absolute atomic E-state index is 12.0. The fourth-order valence-electron chi connectivity index (χ4n) is 2.95. The minimum Gasteiger partial charge on any atom is -0.493 e. The molecule has 0 saturated carbocycles. The van der Waals surface area contributed by atoms with Crippen LogP contribution in [-0.2, 0) is 9.53 Å². The Balaban J connectivity index is 1.74. The Kier molecular flexibility index (Phi) is 5.18. The van der Waals surface area contributed by atoms with Crippen LogP contribution in [0.2, 0.25) is 0 Å². The normalized spacial score (nSPS) is 15.4. The number of benzene rings is 1. The number of carbonyl (C=O) groups is 1. The van der Waals surface area contributed by atoms with Gasteiger partial charge in [0.1, 0.15) is 12.7 Å². The summed E-state index contributed by atoms with van der Waals surface area (Å²) in [5.41, 5.74) is 0.324. The summed E-state index contributed by atoms with van der Waals surface area (Å²) in [4.78, 5) is 32.3. The van der Waals surface area contributed by atoms with E-state index in [0.717, 1.165) is 0 Å². The fourth-order valence-corrected chi connectivity index (χ4v) is 2.95. The predicted octanol–water partition coefficient (Wildman–Crippen LogP) is 0.948. The summed E-state index contributed by atoms with van der Waals surface area (Å²) in [7, 11) is 3.06. The lowest BCUT2D eigenvalue weighted by molar-refractivity contribution is -0.136. The molecule has 1 N–H and O–H groups in total. The number of aromatic amines is 1. The molecule has 0 atom stereocenters. The first-order valence-electron chi connectivity index (χ1n) is 8.11. The van der Waals surface area contributed by atoms with Crippen LogP contribution in [-0.4, -0.2) is 60.8 Å². The van der Waals surface area contributed by atoms with E-state index in [0.29, 0.717) is 48.3 Å². The molecule has 134 valence electrons. The van der Waals surface area contributed by atoms with Gasteiger partial charge in [-0.2, -0.15) is 0 Å². The number of amides is 1. The van der Waals surface area contributed by atoms with Gasteiger partial charge in [0.25, 0.3) is 5.56 Å². The molecule has 3 rings (SSSR count). The molecule has 0 spiro atoms. The summed E-state index contributed by atoms with van der Waals surface area (Å²) in [5, 5.41) is 0.450. The average Bonchev–Trinajstić information content (AvgIpc) is 2.63. The van der Waals surface area contributed by atoms with Crippen molar-refractivity contribution in [3.63, 3.8) is 0 Å². The number of rotatable bonds is 5. The Morgan fingerprint density at radius 1 is 1.28 bits per heavy atom. The predicted molar refractivity (Wildman–Crippen MR) is 91.0 cm³/mol. The van der Waals surface area contributed by atoms with E-state index in [9.17, 15) is 9.59 Å². The number of likely N-dealkylation sites (tertiary alicyclic amines) is 1. The Hall–Kier alpha value is -2.61. The molecule has 2 heterocycles. The van der Waals surface area contributed by atoms with Gasteiger partial charge in [-0.05, 0) is 6.07 Å². The van der Waals surface area contributed by atoms with Crippen molar-refractivity contribution in [2.45, 2.75) is 18.9 Å². The highest BCUT2D eigenvalue weighted by Gasteiger charge is 2.24. The van der Waals surface area contributed by atoms with Gasteiger partial charge in [0, 0.05) is 39.1 Å². The highest BCUT2D eigenvalue weighted by Crippen LogP contribution is 2.32. The molecule has 2 aromatic rings. The third-order valence-electron chi connectivity index (χ3n) is 4.28. The molecule has 8 heteroatoms. The molecule has 0 bridgehead atoms. The number of hydrogen-bond acceptors (Lipinski definition) is 6. The van der Waals surface area contributed by atoms with E-state index >= 15 is 0 Å². The first kappa shape index (κ1) is 17.2. The number of H-pyrrole nitrogens is 1. The van der Waals surface area contributed by atoms with Crippen molar-refractivity contribution in [3.05, 3.63) is 28.8 Å². The molecule has 0 aliphatic carbocycles. The van der Waals surface area contributed by atoms with E-state index in [1.807, 2.05) is 0 Å². The van der Waals surface area contributed by atoms with Gasteiger partial charge < -0.3 is 24.1 Å². The van der Waals surface area contributed by atoms with Crippen LogP contribution >= 0.6 is 0 Å². The van der Waals surface area contributed by atoms with Crippen molar-refractivity contribution < 1.29 is 19.0 Å². The van der Waals surface area contributed by atoms with E-state index in [2.05, 4.69) is 9.97 Å². The zero-order valence-corrected chi connectivity index (χ0v) is 14.3. The van der Waals surface area contributed by atoms with Crippen LogP contribution < -0.4 is 15.0 Å². The topological polar surface area (TPSA) is 93.8 Å². The Bertz CT molecular complexity index is 812. The monoisotopic (exact) mass is 347 g/mol. The summed E-state index contributed by atoms with van der Waals surface area (Å²) in [6.45, 7) is 1.33. The number of hydrogen-bond donors (Lipinski definition) is 1. The van der Waals surface area contributed by atoms with Crippen LogP contribution in [0.5, 0.6) is 11.5 Å². The van der Waals surface area contributed by atoms with Crippen LogP contribution in [0.4, 0.5) is 0 Å². The number of aromatic nitrogens is 2. The van der Waals surface area contributed by atoms with Crippen LogP contribution in [0.1, 0.15) is 12.8 Å². The molecular formula is C17H21N3O5. The van der Waals surface area contributed by atoms with Gasteiger partial charge in [0.2, 0.25) is 5.91 Å². The van der Waals surface area contributed by atoms with Crippen molar-refractivity contribution in [2.24, 2.45) is 0 Å². The summed E-state index contributed by atoms with van der Waals surface area (Å²) in [6, 6.07) is 3.35. The lowest BCUT2D eigenvalue weighted by atomic mass is 10.1. The third-order valence-corrected chi connectivity index (χ3v) is 4.28. The smallest absolute Gasteiger partial charge is 0.258 e. The lowest BCUT2D eigenvalue weighted by Gasteiger charge is -2.32. The van der Waals surface area contributed by atoms with Crippen molar-refractivity contribution in [3.8, 4) is 11.5 Å².